The molecule has 25 heavy (non-hydrogen) atoms. The lowest BCUT2D eigenvalue weighted by atomic mass is 10.2. The molecule has 0 radical (unpaired) electrons. The van der Waals surface area contributed by atoms with Crippen LogP contribution in [0.5, 0.6) is 5.75 Å². The van der Waals surface area contributed by atoms with Crippen LogP contribution in [0.1, 0.15) is 29.7 Å². The molecular formula is C18H22FN3O3. The summed E-state index contributed by atoms with van der Waals surface area (Å²) in [5.41, 5.74) is 0.260. The Hall–Kier alpha value is -2.41. The topological polar surface area (TPSA) is 58.8 Å². The number of nitrogens with zero attached hydrogens (tertiary/aromatic N) is 3. The third-order valence-corrected chi connectivity index (χ3v) is 4.16. The van der Waals surface area contributed by atoms with Gasteiger partial charge in [0.05, 0.1) is 0 Å². The molecule has 1 aliphatic heterocycles. The van der Waals surface area contributed by atoms with Crippen LogP contribution in [0, 0.1) is 5.82 Å². The van der Waals surface area contributed by atoms with Crippen LogP contribution in [0.4, 0.5) is 4.39 Å². The van der Waals surface area contributed by atoms with E-state index in [0.29, 0.717) is 13.1 Å². The number of ether oxygens (including phenoxy) is 1. The molecule has 7 heteroatoms. The Kier molecular flexibility index (Phi) is 5.65. The van der Waals surface area contributed by atoms with E-state index in [4.69, 9.17) is 9.15 Å². The summed E-state index contributed by atoms with van der Waals surface area (Å²) in [6.45, 7) is 6.31. The molecule has 3 rings (SSSR count). The molecule has 1 aromatic carbocycles. The van der Waals surface area contributed by atoms with E-state index in [-0.39, 0.29) is 29.8 Å². The van der Waals surface area contributed by atoms with Gasteiger partial charge in [-0.05, 0) is 25.1 Å². The number of hydrogen-bond acceptors (Lipinski definition) is 5. The van der Waals surface area contributed by atoms with E-state index in [9.17, 15) is 9.18 Å². The van der Waals surface area contributed by atoms with E-state index in [1.165, 1.54) is 18.4 Å². The van der Waals surface area contributed by atoms with Crippen molar-refractivity contribution in [1.82, 2.24) is 14.8 Å². The third-order valence-electron chi connectivity index (χ3n) is 4.16. The fraction of sp³-hybridized carbons (Fsp3) is 0.444. The van der Waals surface area contributed by atoms with Crippen LogP contribution >= 0.6 is 0 Å². The van der Waals surface area contributed by atoms with Gasteiger partial charge < -0.3 is 14.1 Å². The van der Waals surface area contributed by atoms with Gasteiger partial charge in [0.25, 0.3) is 5.91 Å². The van der Waals surface area contributed by atoms with Crippen LogP contribution in [-0.4, -0.2) is 53.4 Å². The summed E-state index contributed by atoms with van der Waals surface area (Å²) in [6.07, 6.45) is 2.45. The van der Waals surface area contributed by atoms with Gasteiger partial charge in [0.15, 0.2) is 23.9 Å². The average Bonchev–Trinajstić information content (AvgIpc) is 3.10. The molecular weight excluding hydrogens is 325 g/mol. The number of carbonyl (C=O) groups is 1. The lowest BCUT2D eigenvalue weighted by molar-refractivity contribution is 0.0631. The molecule has 1 aliphatic rings. The van der Waals surface area contributed by atoms with Gasteiger partial charge in [-0.15, -0.1) is 0 Å². The Balaban J connectivity index is 1.54. The predicted molar refractivity (Wildman–Crippen MR) is 89.9 cm³/mol. The van der Waals surface area contributed by atoms with Gasteiger partial charge in [-0.3, -0.25) is 9.69 Å². The van der Waals surface area contributed by atoms with Crippen molar-refractivity contribution in [3.63, 3.8) is 0 Å². The van der Waals surface area contributed by atoms with Crippen LogP contribution < -0.4 is 4.74 Å². The molecule has 1 amide bonds. The number of halogens is 1. The molecule has 0 bridgehead atoms. The van der Waals surface area contributed by atoms with Crippen molar-refractivity contribution in [2.45, 2.75) is 20.0 Å². The summed E-state index contributed by atoms with van der Waals surface area (Å²) in [4.78, 5) is 20.8. The molecule has 0 N–H and O–H groups in total. The van der Waals surface area contributed by atoms with Gasteiger partial charge in [0, 0.05) is 26.2 Å². The first kappa shape index (κ1) is 17.4. The number of hydrogen-bond donors (Lipinski definition) is 0. The van der Waals surface area contributed by atoms with Crippen molar-refractivity contribution in [3.05, 3.63) is 47.9 Å². The minimum Gasteiger partial charge on any atom is -0.481 e. The van der Waals surface area contributed by atoms with Gasteiger partial charge in [-0.25, -0.2) is 9.37 Å². The number of rotatable bonds is 6. The number of piperazine rings is 1. The van der Waals surface area contributed by atoms with Crippen LogP contribution in [0.25, 0.3) is 0 Å². The third kappa shape index (κ3) is 4.36. The Morgan fingerprint density at radius 1 is 1.28 bits per heavy atom. The van der Waals surface area contributed by atoms with Gasteiger partial charge in [0.2, 0.25) is 5.89 Å². The highest BCUT2D eigenvalue weighted by Crippen LogP contribution is 2.17. The molecule has 2 aromatic rings. The number of carbonyl (C=O) groups excluding carboxylic acids is 1. The molecule has 0 saturated carbocycles. The number of benzene rings is 1. The summed E-state index contributed by atoms with van der Waals surface area (Å²) >= 11 is 0. The molecule has 1 aromatic heterocycles. The lowest BCUT2D eigenvalue weighted by Gasteiger charge is -2.34. The summed E-state index contributed by atoms with van der Waals surface area (Å²) < 4.78 is 24.1. The van der Waals surface area contributed by atoms with Gasteiger partial charge in [-0.2, -0.15) is 0 Å². The Labute approximate surface area is 146 Å². The SMILES string of the molecule is CCCN1CCN(C(=O)c2coc(COc3ccccc3F)n2)CC1. The summed E-state index contributed by atoms with van der Waals surface area (Å²) in [7, 11) is 0. The fourth-order valence-corrected chi connectivity index (χ4v) is 2.83. The second-order valence-electron chi connectivity index (χ2n) is 5.98. The molecule has 0 spiro atoms. The molecule has 0 unspecified atom stereocenters. The second-order valence-corrected chi connectivity index (χ2v) is 5.98. The van der Waals surface area contributed by atoms with E-state index >= 15 is 0 Å². The van der Waals surface area contributed by atoms with Crippen LogP contribution in [-0.2, 0) is 6.61 Å². The predicted octanol–water partition coefficient (Wildman–Crippen LogP) is 2.56. The zero-order valence-electron chi connectivity index (χ0n) is 14.3. The zero-order valence-corrected chi connectivity index (χ0v) is 14.3. The number of amides is 1. The van der Waals surface area contributed by atoms with Crippen LogP contribution in [0.15, 0.2) is 34.9 Å². The minimum absolute atomic E-state index is 0.0293. The highest BCUT2D eigenvalue weighted by molar-refractivity contribution is 5.92. The Morgan fingerprint density at radius 3 is 2.76 bits per heavy atom. The van der Waals surface area contributed by atoms with Crippen molar-refractivity contribution in [3.8, 4) is 5.75 Å². The fourth-order valence-electron chi connectivity index (χ4n) is 2.83. The number of para-hydroxylation sites is 1. The number of aromatic nitrogens is 1. The van der Waals surface area contributed by atoms with Gasteiger partial charge >= 0.3 is 0 Å². The normalized spacial score (nSPS) is 15.4. The Morgan fingerprint density at radius 2 is 2.04 bits per heavy atom. The first-order valence-electron chi connectivity index (χ1n) is 8.50. The molecule has 0 atom stereocenters. The zero-order chi connectivity index (χ0) is 17.6. The second kappa shape index (κ2) is 8.11. The maximum Gasteiger partial charge on any atom is 0.275 e. The monoisotopic (exact) mass is 347 g/mol. The quantitative estimate of drug-likeness (QED) is 0.804. The first-order chi connectivity index (χ1) is 12.2. The van der Waals surface area contributed by atoms with E-state index in [1.807, 2.05) is 0 Å². The smallest absolute Gasteiger partial charge is 0.275 e. The standard InChI is InChI=1S/C18H22FN3O3/c1-2-7-21-8-10-22(11-9-21)18(23)15-12-25-17(20-15)13-24-16-6-4-3-5-14(16)19/h3-6,12H,2,7-11,13H2,1H3. The molecule has 1 saturated heterocycles. The maximum atomic E-state index is 13.5. The van der Waals surface area contributed by atoms with E-state index in [1.54, 1.807) is 17.0 Å². The van der Waals surface area contributed by atoms with Crippen LogP contribution in [0.2, 0.25) is 0 Å². The van der Waals surface area contributed by atoms with E-state index in [2.05, 4.69) is 16.8 Å². The van der Waals surface area contributed by atoms with E-state index < -0.39 is 5.82 Å². The largest absolute Gasteiger partial charge is 0.481 e. The van der Waals surface area contributed by atoms with Gasteiger partial charge in [-0.1, -0.05) is 19.1 Å². The lowest BCUT2D eigenvalue weighted by Crippen LogP contribution is -2.48. The summed E-state index contributed by atoms with van der Waals surface area (Å²) in [5.74, 6) is -0.218. The summed E-state index contributed by atoms with van der Waals surface area (Å²) in [6, 6.07) is 6.11. The van der Waals surface area contributed by atoms with Crippen LogP contribution in [0.3, 0.4) is 0 Å². The van der Waals surface area contributed by atoms with Crippen molar-refractivity contribution in [2.24, 2.45) is 0 Å². The molecule has 1 fully saturated rings. The van der Waals surface area contributed by atoms with Crippen molar-refractivity contribution < 1.29 is 18.3 Å². The molecule has 2 heterocycles. The highest BCUT2D eigenvalue weighted by atomic mass is 19.1. The van der Waals surface area contributed by atoms with Crippen molar-refractivity contribution in [2.75, 3.05) is 32.7 Å². The number of oxazole rings is 1. The molecule has 0 aliphatic carbocycles. The first-order valence-corrected chi connectivity index (χ1v) is 8.50. The average molecular weight is 347 g/mol. The van der Waals surface area contributed by atoms with Gasteiger partial charge in [0.1, 0.15) is 6.26 Å². The van der Waals surface area contributed by atoms with Crippen molar-refractivity contribution in [1.29, 1.82) is 0 Å². The Bertz CT molecular complexity index is 711. The molecule has 134 valence electrons. The maximum absolute atomic E-state index is 13.5. The highest BCUT2D eigenvalue weighted by Gasteiger charge is 2.24. The van der Waals surface area contributed by atoms with E-state index in [0.717, 1.165) is 26.1 Å². The van der Waals surface area contributed by atoms with Crippen molar-refractivity contribution >= 4 is 5.91 Å². The summed E-state index contributed by atoms with van der Waals surface area (Å²) in [5, 5.41) is 0. The minimum atomic E-state index is -0.449. The molecule has 6 nitrogen and oxygen atoms in total.